The highest BCUT2D eigenvalue weighted by Crippen LogP contribution is 2.26. The molecule has 22 heavy (non-hydrogen) atoms. The third-order valence-electron chi connectivity index (χ3n) is 3.33. The lowest BCUT2D eigenvalue weighted by atomic mass is 10.0. The van der Waals surface area contributed by atoms with Gasteiger partial charge in [-0.15, -0.1) is 0 Å². The molecule has 1 N–H and O–H groups in total. The highest BCUT2D eigenvalue weighted by molar-refractivity contribution is 5.78. The van der Waals surface area contributed by atoms with Crippen molar-refractivity contribution in [3.63, 3.8) is 0 Å². The summed E-state index contributed by atoms with van der Waals surface area (Å²) in [5, 5.41) is 6.78. The number of carbonyl (C=O) groups excluding carboxylic acids is 1. The van der Waals surface area contributed by atoms with Crippen molar-refractivity contribution < 1.29 is 9.32 Å². The summed E-state index contributed by atoms with van der Waals surface area (Å²) in [6, 6.07) is 1.89. The largest absolute Gasteiger partial charge is 0.353 e. The smallest absolute Gasteiger partial charge is 0.240 e. The number of likely N-dealkylation sites (tertiary alicyclic amines) is 1. The maximum absolute atomic E-state index is 11.7. The van der Waals surface area contributed by atoms with Crippen LogP contribution in [0, 0.1) is 0 Å². The molecule has 8 nitrogen and oxygen atoms in total. The molecule has 1 amide bonds. The predicted octanol–water partition coefficient (Wildman–Crippen LogP) is 0.450. The zero-order valence-electron chi connectivity index (χ0n) is 12.6. The van der Waals surface area contributed by atoms with Crippen molar-refractivity contribution >= 4 is 5.91 Å². The SMILES string of the molecule is CC(C)NC(=O)CN1CC(c2nc(-c3ncccn3)no2)C1. The van der Waals surface area contributed by atoms with Crippen LogP contribution in [-0.2, 0) is 4.79 Å². The van der Waals surface area contributed by atoms with Crippen LogP contribution in [-0.4, -0.2) is 56.6 Å². The second-order valence-electron chi connectivity index (χ2n) is 5.64. The van der Waals surface area contributed by atoms with Gasteiger partial charge >= 0.3 is 0 Å². The number of hydrogen-bond donors (Lipinski definition) is 1. The van der Waals surface area contributed by atoms with E-state index >= 15 is 0 Å². The van der Waals surface area contributed by atoms with Crippen LogP contribution in [0.5, 0.6) is 0 Å². The van der Waals surface area contributed by atoms with E-state index in [1.54, 1.807) is 18.5 Å². The molecular formula is C14H18N6O2. The molecule has 2 aromatic rings. The summed E-state index contributed by atoms with van der Waals surface area (Å²) in [6.07, 6.45) is 3.27. The van der Waals surface area contributed by atoms with Gasteiger partial charge in [0.25, 0.3) is 0 Å². The van der Waals surface area contributed by atoms with Crippen molar-refractivity contribution in [2.24, 2.45) is 0 Å². The number of nitrogens with zero attached hydrogens (tertiary/aromatic N) is 5. The number of rotatable bonds is 5. The zero-order chi connectivity index (χ0) is 15.5. The summed E-state index contributed by atoms with van der Waals surface area (Å²) in [6.45, 7) is 5.77. The maximum Gasteiger partial charge on any atom is 0.240 e. The lowest BCUT2D eigenvalue weighted by molar-refractivity contribution is -0.123. The first kappa shape index (κ1) is 14.6. The lowest BCUT2D eigenvalue weighted by Gasteiger charge is -2.36. The molecule has 1 aliphatic heterocycles. The summed E-state index contributed by atoms with van der Waals surface area (Å²) in [4.78, 5) is 26.2. The Morgan fingerprint density at radius 1 is 1.36 bits per heavy atom. The fourth-order valence-electron chi connectivity index (χ4n) is 2.33. The van der Waals surface area contributed by atoms with E-state index in [-0.39, 0.29) is 17.9 Å². The summed E-state index contributed by atoms with van der Waals surface area (Å²) < 4.78 is 5.27. The van der Waals surface area contributed by atoms with Crippen LogP contribution in [0.25, 0.3) is 11.6 Å². The molecule has 1 saturated heterocycles. The molecule has 116 valence electrons. The van der Waals surface area contributed by atoms with Crippen molar-refractivity contribution in [1.82, 2.24) is 30.3 Å². The van der Waals surface area contributed by atoms with Gasteiger partial charge in [-0.05, 0) is 19.9 Å². The second kappa shape index (κ2) is 6.18. The second-order valence-corrected chi connectivity index (χ2v) is 5.64. The minimum Gasteiger partial charge on any atom is -0.353 e. The van der Waals surface area contributed by atoms with Gasteiger partial charge in [0.15, 0.2) is 0 Å². The monoisotopic (exact) mass is 302 g/mol. The average Bonchev–Trinajstić information content (AvgIpc) is 2.92. The minimum absolute atomic E-state index is 0.0392. The summed E-state index contributed by atoms with van der Waals surface area (Å²) in [5.41, 5.74) is 0. The molecule has 0 aliphatic carbocycles. The number of nitrogens with one attached hydrogen (secondary N) is 1. The molecule has 8 heteroatoms. The number of amides is 1. The fraction of sp³-hybridized carbons (Fsp3) is 0.500. The molecule has 2 aromatic heterocycles. The first-order chi connectivity index (χ1) is 10.6. The van der Waals surface area contributed by atoms with Crippen molar-refractivity contribution in [3.05, 3.63) is 24.4 Å². The highest BCUT2D eigenvalue weighted by atomic mass is 16.5. The average molecular weight is 302 g/mol. The summed E-state index contributed by atoms with van der Waals surface area (Å²) in [7, 11) is 0. The summed E-state index contributed by atoms with van der Waals surface area (Å²) in [5.74, 6) is 1.62. The van der Waals surface area contributed by atoms with Gasteiger partial charge in [0.05, 0.1) is 12.5 Å². The van der Waals surface area contributed by atoms with E-state index in [9.17, 15) is 4.79 Å². The standard InChI is InChI=1S/C14H18N6O2/c1-9(2)17-11(21)8-20-6-10(7-20)14-18-13(19-22-14)12-15-4-3-5-16-12/h3-5,9-10H,6-8H2,1-2H3,(H,17,21). The molecular weight excluding hydrogens is 284 g/mol. The quantitative estimate of drug-likeness (QED) is 0.856. The Morgan fingerprint density at radius 3 is 2.77 bits per heavy atom. The first-order valence-corrected chi connectivity index (χ1v) is 7.24. The number of hydrogen-bond acceptors (Lipinski definition) is 7. The van der Waals surface area contributed by atoms with E-state index in [1.807, 2.05) is 18.7 Å². The van der Waals surface area contributed by atoms with Gasteiger partial charge in [0, 0.05) is 31.5 Å². The highest BCUT2D eigenvalue weighted by Gasteiger charge is 2.33. The topological polar surface area (TPSA) is 97.0 Å². The van der Waals surface area contributed by atoms with E-state index in [1.165, 1.54) is 0 Å². The molecule has 3 rings (SSSR count). The Kier molecular flexibility index (Phi) is 4.10. The fourth-order valence-corrected chi connectivity index (χ4v) is 2.33. The number of carbonyl (C=O) groups is 1. The van der Waals surface area contributed by atoms with Gasteiger partial charge in [-0.3, -0.25) is 9.69 Å². The van der Waals surface area contributed by atoms with Gasteiger partial charge in [-0.25, -0.2) is 9.97 Å². The lowest BCUT2D eigenvalue weighted by Crippen LogP contribution is -2.50. The van der Waals surface area contributed by atoms with Crippen molar-refractivity contribution in [2.75, 3.05) is 19.6 Å². The number of aromatic nitrogens is 4. The normalized spacial score (nSPS) is 15.8. The van der Waals surface area contributed by atoms with E-state index < -0.39 is 0 Å². The third kappa shape index (κ3) is 3.28. The van der Waals surface area contributed by atoms with Crippen molar-refractivity contribution in [3.8, 4) is 11.6 Å². The van der Waals surface area contributed by atoms with Crippen molar-refractivity contribution in [2.45, 2.75) is 25.8 Å². The molecule has 0 radical (unpaired) electrons. The van der Waals surface area contributed by atoms with Gasteiger partial charge < -0.3 is 9.84 Å². The molecule has 3 heterocycles. The minimum atomic E-state index is 0.0392. The van der Waals surface area contributed by atoms with E-state index in [0.29, 0.717) is 24.1 Å². The molecule has 0 spiro atoms. The molecule has 0 unspecified atom stereocenters. The van der Waals surface area contributed by atoms with Crippen LogP contribution in [0.15, 0.2) is 23.0 Å². The van der Waals surface area contributed by atoms with Crippen LogP contribution in [0.4, 0.5) is 0 Å². The van der Waals surface area contributed by atoms with Gasteiger partial charge in [-0.2, -0.15) is 4.98 Å². The molecule has 1 fully saturated rings. The van der Waals surface area contributed by atoms with Crippen LogP contribution in [0.3, 0.4) is 0 Å². The van der Waals surface area contributed by atoms with Crippen molar-refractivity contribution in [1.29, 1.82) is 0 Å². The van der Waals surface area contributed by atoms with Crippen LogP contribution in [0.2, 0.25) is 0 Å². The first-order valence-electron chi connectivity index (χ1n) is 7.24. The maximum atomic E-state index is 11.7. The Bertz CT molecular complexity index is 636. The molecule has 0 saturated carbocycles. The Labute approximate surface area is 127 Å². The molecule has 0 aromatic carbocycles. The van der Waals surface area contributed by atoms with E-state index in [0.717, 1.165) is 13.1 Å². The van der Waals surface area contributed by atoms with E-state index in [2.05, 4.69) is 25.4 Å². The van der Waals surface area contributed by atoms with Gasteiger partial charge in [-0.1, -0.05) is 5.16 Å². The van der Waals surface area contributed by atoms with Crippen LogP contribution >= 0.6 is 0 Å². The molecule has 0 atom stereocenters. The van der Waals surface area contributed by atoms with Crippen LogP contribution < -0.4 is 5.32 Å². The Morgan fingerprint density at radius 2 is 2.09 bits per heavy atom. The summed E-state index contributed by atoms with van der Waals surface area (Å²) >= 11 is 0. The Hall–Kier alpha value is -2.35. The predicted molar refractivity (Wildman–Crippen MR) is 77.8 cm³/mol. The zero-order valence-corrected chi connectivity index (χ0v) is 12.6. The van der Waals surface area contributed by atoms with Gasteiger partial charge in [0.1, 0.15) is 0 Å². The van der Waals surface area contributed by atoms with Crippen LogP contribution in [0.1, 0.15) is 25.7 Å². The van der Waals surface area contributed by atoms with Gasteiger partial charge in [0.2, 0.25) is 23.4 Å². The Balaban J connectivity index is 1.53. The van der Waals surface area contributed by atoms with E-state index in [4.69, 9.17) is 4.52 Å². The third-order valence-corrected chi connectivity index (χ3v) is 3.33. The molecule has 0 bridgehead atoms. The molecule has 1 aliphatic rings.